The number of aromatic nitrogens is 1. The SMILES string of the molecule is Cc1oncc1C(=O)NCCc1cccc(C(=O)O)c1. The van der Waals surface area contributed by atoms with E-state index in [1.807, 2.05) is 6.07 Å². The smallest absolute Gasteiger partial charge is 0.335 e. The Morgan fingerprint density at radius 2 is 2.20 bits per heavy atom. The molecule has 2 aromatic rings. The van der Waals surface area contributed by atoms with Crippen molar-refractivity contribution in [1.82, 2.24) is 10.5 Å². The average Bonchev–Trinajstić information content (AvgIpc) is 2.85. The van der Waals surface area contributed by atoms with E-state index < -0.39 is 5.97 Å². The van der Waals surface area contributed by atoms with Gasteiger partial charge in [-0.05, 0) is 31.0 Å². The van der Waals surface area contributed by atoms with Crippen molar-refractivity contribution in [3.63, 3.8) is 0 Å². The second kappa shape index (κ2) is 6.01. The number of rotatable bonds is 5. The number of carboxylic acids is 1. The van der Waals surface area contributed by atoms with Crippen molar-refractivity contribution in [3.05, 3.63) is 52.9 Å². The molecule has 2 N–H and O–H groups in total. The minimum Gasteiger partial charge on any atom is -0.478 e. The third kappa shape index (κ3) is 3.23. The van der Waals surface area contributed by atoms with Crippen molar-refractivity contribution in [3.8, 4) is 0 Å². The van der Waals surface area contributed by atoms with Crippen LogP contribution < -0.4 is 5.32 Å². The Labute approximate surface area is 115 Å². The van der Waals surface area contributed by atoms with Gasteiger partial charge in [0, 0.05) is 6.54 Å². The van der Waals surface area contributed by atoms with Gasteiger partial charge < -0.3 is 14.9 Å². The maximum atomic E-state index is 11.8. The van der Waals surface area contributed by atoms with Crippen LogP contribution >= 0.6 is 0 Å². The highest BCUT2D eigenvalue weighted by atomic mass is 16.5. The van der Waals surface area contributed by atoms with Crippen molar-refractivity contribution >= 4 is 11.9 Å². The number of hydrogen-bond donors (Lipinski definition) is 2. The van der Waals surface area contributed by atoms with E-state index in [1.165, 1.54) is 12.3 Å². The predicted octanol–water partition coefficient (Wildman–Crippen LogP) is 1.65. The molecule has 6 nitrogen and oxygen atoms in total. The standard InChI is InChI=1S/C14H14N2O4/c1-9-12(8-16-20-9)13(17)15-6-5-10-3-2-4-11(7-10)14(18)19/h2-4,7-8H,5-6H2,1H3,(H,15,17)(H,18,19). The lowest BCUT2D eigenvalue weighted by molar-refractivity contribution is 0.0696. The van der Waals surface area contributed by atoms with Crippen LogP contribution in [-0.4, -0.2) is 28.7 Å². The van der Waals surface area contributed by atoms with Gasteiger partial charge in [-0.25, -0.2) is 4.79 Å². The fourth-order valence-electron chi connectivity index (χ4n) is 1.79. The summed E-state index contributed by atoms with van der Waals surface area (Å²) in [5.74, 6) is -0.746. The first-order chi connectivity index (χ1) is 9.58. The number of carbonyl (C=O) groups excluding carboxylic acids is 1. The van der Waals surface area contributed by atoms with E-state index in [2.05, 4.69) is 10.5 Å². The molecule has 1 amide bonds. The summed E-state index contributed by atoms with van der Waals surface area (Å²) in [5.41, 5.74) is 1.50. The largest absolute Gasteiger partial charge is 0.478 e. The molecule has 0 fully saturated rings. The third-order valence-corrected chi connectivity index (χ3v) is 2.87. The van der Waals surface area contributed by atoms with Gasteiger partial charge in [-0.2, -0.15) is 0 Å². The van der Waals surface area contributed by atoms with Gasteiger partial charge >= 0.3 is 5.97 Å². The van der Waals surface area contributed by atoms with Crippen LogP contribution in [0.3, 0.4) is 0 Å². The molecule has 0 aliphatic heterocycles. The normalized spacial score (nSPS) is 10.2. The van der Waals surface area contributed by atoms with E-state index >= 15 is 0 Å². The zero-order valence-electron chi connectivity index (χ0n) is 10.9. The second-order valence-corrected chi connectivity index (χ2v) is 4.31. The van der Waals surface area contributed by atoms with Gasteiger partial charge in [-0.3, -0.25) is 4.79 Å². The van der Waals surface area contributed by atoms with Crippen LogP contribution in [0.1, 0.15) is 32.0 Å². The Balaban J connectivity index is 1.90. The Morgan fingerprint density at radius 1 is 1.40 bits per heavy atom. The summed E-state index contributed by atoms with van der Waals surface area (Å²) in [6.07, 6.45) is 1.92. The van der Waals surface area contributed by atoms with Crippen molar-refractivity contribution in [1.29, 1.82) is 0 Å². The average molecular weight is 274 g/mol. The highest BCUT2D eigenvalue weighted by molar-refractivity contribution is 5.94. The summed E-state index contributed by atoms with van der Waals surface area (Å²) in [7, 11) is 0. The highest BCUT2D eigenvalue weighted by Gasteiger charge is 2.12. The number of amides is 1. The van der Waals surface area contributed by atoms with Crippen molar-refractivity contribution in [2.45, 2.75) is 13.3 Å². The summed E-state index contributed by atoms with van der Waals surface area (Å²) >= 11 is 0. The van der Waals surface area contributed by atoms with E-state index in [1.54, 1.807) is 19.1 Å². The van der Waals surface area contributed by atoms with E-state index in [0.717, 1.165) is 5.56 Å². The summed E-state index contributed by atoms with van der Waals surface area (Å²) in [6.45, 7) is 2.07. The van der Waals surface area contributed by atoms with Crippen LogP contribution in [0.5, 0.6) is 0 Å². The number of benzene rings is 1. The maximum Gasteiger partial charge on any atom is 0.335 e. The molecule has 0 saturated carbocycles. The molecule has 0 aliphatic rings. The van der Waals surface area contributed by atoms with E-state index in [0.29, 0.717) is 24.3 Å². The van der Waals surface area contributed by atoms with E-state index in [-0.39, 0.29) is 11.5 Å². The molecule has 1 heterocycles. The lowest BCUT2D eigenvalue weighted by Crippen LogP contribution is -2.25. The Bertz CT molecular complexity index is 634. The molecular weight excluding hydrogens is 260 g/mol. The summed E-state index contributed by atoms with van der Waals surface area (Å²) in [4.78, 5) is 22.6. The Kier molecular flexibility index (Phi) is 4.14. The van der Waals surface area contributed by atoms with Gasteiger partial charge in [-0.15, -0.1) is 0 Å². The zero-order chi connectivity index (χ0) is 14.5. The third-order valence-electron chi connectivity index (χ3n) is 2.87. The van der Waals surface area contributed by atoms with Gasteiger partial charge in [0.1, 0.15) is 11.3 Å². The molecule has 0 saturated heterocycles. The van der Waals surface area contributed by atoms with Gasteiger partial charge in [0.05, 0.1) is 11.8 Å². The van der Waals surface area contributed by atoms with Gasteiger partial charge in [0.15, 0.2) is 0 Å². The molecule has 0 radical (unpaired) electrons. The Morgan fingerprint density at radius 3 is 2.85 bits per heavy atom. The van der Waals surface area contributed by atoms with E-state index in [4.69, 9.17) is 9.63 Å². The first kappa shape index (κ1) is 13.8. The molecule has 2 rings (SSSR count). The number of carbonyl (C=O) groups is 2. The fourth-order valence-corrected chi connectivity index (χ4v) is 1.79. The highest BCUT2D eigenvalue weighted by Crippen LogP contribution is 2.07. The van der Waals surface area contributed by atoms with Crippen molar-refractivity contribution < 1.29 is 19.2 Å². The number of hydrogen-bond acceptors (Lipinski definition) is 4. The van der Waals surface area contributed by atoms with Crippen LogP contribution in [-0.2, 0) is 6.42 Å². The van der Waals surface area contributed by atoms with Crippen LogP contribution in [0.15, 0.2) is 35.0 Å². The molecule has 1 aromatic carbocycles. The molecule has 0 atom stereocenters. The van der Waals surface area contributed by atoms with Crippen LogP contribution in [0.4, 0.5) is 0 Å². The molecule has 0 bridgehead atoms. The van der Waals surface area contributed by atoms with Crippen LogP contribution in [0.25, 0.3) is 0 Å². The second-order valence-electron chi connectivity index (χ2n) is 4.31. The number of aryl methyl sites for hydroxylation is 1. The van der Waals surface area contributed by atoms with E-state index in [9.17, 15) is 9.59 Å². The Hall–Kier alpha value is -2.63. The van der Waals surface area contributed by atoms with Gasteiger partial charge in [0.25, 0.3) is 5.91 Å². The van der Waals surface area contributed by atoms with Crippen molar-refractivity contribution in [2.75, 3.05) is 6.54 Å². The zero-order valence-corrected chi connectivity index (χ0v) is 10.9. The van der Waals surface area contributed by atoms with Gasteiger partial charge in [-0.1, -0.05) is 17.3 Å². The summed E-state index contributed by atoms with van der Waals surface area (Å²) in [5, 5.41) is 15.2. The van der Waals surface area contributed by atoms with Crippen molar-refractivity contribution in [2.24, 2.45) is 0 Å². The van der Waals surface area contributed by atoms with Crippen LogP contribution in [0, 0.1) is 6.92 Å². The first-order valence-electron chi connectivity index (χ1n) is 6.09. The maximum absolute atomic E-state index is 11.8. The fraction of sp³-hybridized carbons (Fsp3) is 0.214. The number of nitrogens with zero attached hydrogens (tertiary/aromatic N) is 1. The number of nitrogens with one attached hydrogen (secondary N) is 1. The minimum absolute atomic E-state index is 0.240. The minimum atomic E-state index is -0.962. The lowest BCUT2D eigenvalue weighted by Gasteiger charge is -2.05. The molecule has 6 heteroatoms. The molecule has 1 aromatic heterocycles. The monoisotopic (exact) mass is 274 g/mol. The summed E-state index contributed by atoms with van der Waals surface area (Å²) in [6, 6.07) is 6.64. The quantitative estimate of drug-likeness (QED) is 0.864. The molecule has 20 heavy (non-hydrogen) atoms. The molecular formula is C14H14N2O4. The number of aromatic carboxylic acids is 1. The predicted molar refractivity (Wildman–Crippen MR) is 70.7 cm³/mol. The summed E-state index contributed by atoms with van der Waals surface area (Å²) < 4.78 is 4.82. The molecule has 0 spiro atoms. The molecule has 0 unspecified atom stereocenters. The first-order valence-corrected chi connectivity index (χ1v) is 6.09. The van der Waals surface area contributed by atoms with Crippen LogP contribution in [0.2, 0.25) is 0 Å². The topological polar surface area (TPSA) is 92.4 Å². The lowest BCUT2D eigenvalue weighted by atomic mass is 10.1. The molecule has 104 valence electrons. The molecule has 0 aliphatic carbocycles. The van der Waals surface area contributed by atoms with Gasteiger partial charge in [0.2, 0.25) is 0 Å². The number of carboxylic acid groups (broad SMARTS) is 1.